The van der Waals surface area contributed by atoms with Crippen molar-refractivity contribution in [2.75, 3.05) is 13.2 Å². The average Bonchev–Trinajstić information content (AvgIpc) is 2.77. The fraction of sp³-hybridized carbons (Fsp3) is 0.250. The number of benzene rings is 1. The molecule has 0 fully saturated rings. The largest absolute Gasteiger partial charge is 0.489 e. The van der Waals surface area contributed by atoms with Crippen LogP contribution in [-0.2, 0) is 6.54 Å². The number of ether oxygens (including phenoxy) is 1. The summed E-state index contributed by atoms with van der Waals surface area (Å²) in [6.45, 7) is 1.71. The Morgan fingerprint density at radius 1 is 1.28 bits per heavy atom. The number of nitrogens with zero attached hydrogens (tertiary/aromatic N) is 2. The normalized spacial score (nSPS) is 9.89. The van der Waals surface area contributed by atoms with E-state index < -0.39 is 0 Å². The summed E-state index contributed by atoms with van der Waals surface area (Å²) < 4.78 is 7.18. The van der Waals surface area contributed by atoms with Gasteiger partial charge in [0.1, 0.15) is 6.61 Å². The quantitative estimate of drug-likeness (QED) is 0.918. The molecule has 0 unspecified atom stereocenters. The lowest BCUT2D eigenvalue weighted by Gasteiger charge is -2.02. The van der Waals surface area contributed by atoms with E-state index in [0.29, 0.717) is 19.7 Å². The van der Waals surface area contributed by atoms with E-state index in [0.717, 1.165) is 16.3 Å². The topological polar surface area (TPSA) is 53.1 Å². The molecule has 0 aliphatic heterocycles. The molecule has 0 saturated carbocycles. The minimum Gasteiger partial charge on any atom is -0.489 e. The molecular formula is C12H15Cl2N3O. The highest BCUT2D eigenvalue weighted by atomic mass is 35.5. The zero-order valence-electron chi connectivity index (χ0n) is 9.75. The van der Waals surface area contributed by atoms with Gasteiger partial charge in [-0.25, -0.2) is 0 Å². The van der Waals surface area contributed by atoms with Gasteiger partial charge in [-0.1, -0.05) is 23.7 Å². The van der Waals surface area contributed by atoms with Gasteiger partial charge in [0.05, 0.1) is 18.9 Å². The van der Waals surface area contributed by atoms with Gasteiger partial charge in [0.25, 0.3) is 0 Å². The molecule has 0 atom stereocenters. The zero-order valence-corrected chi connectivity index (χ0v) is 11.3. The van der Waals surface area contributed by atoms with Crippen LogP contribution in [0.4, 0.5) is 0 Å². The molecule has 0 aliphatic carbocycles. The first-order valence-electron chi connectivity index (χ1n) is 5.37. The molecular weight excluding hydrogens is 273 g/mol. The van der Waals surface area contributed by atoms with E-state index >= 15 is 0 Å². The van der Waals surface area contributed by atoms with Crippen LogP contribution >= 0.6 is 24.0 Å². The van der Waals surface area contributed by atoms with Crippen molar-refractivity contribution in [1.29, 1.82) is 0 Å². The smallest absolute Gasteiger partial charge is 0.157 e. The SMILES string of the molecule is Cl.NCCOc1cnn(Cc2ccc(Cl)cc2)c1. The third-order valence-electron chi connectivity index (χ3n) is 2.25. The van der Waals surface area contributed by atoms with Crippen molar-refractivity contribution >= 4 is 24.0 Å². The van der Waals surface area contributed by atoms with Crippen molar-refractivity contribution in [2.24, 2.45) is 5.73 Å². The minimum atomic E-state index is 0. The molecule has 2 N–H and O–H groups in total. The van der Waals surface area contributed by atoms with Gasteiger partial charge >= 0.3 is 0 Å². The molecule has 6 heteroatoms. The number of nitrogens with two attached hydrogens (primary N) is 1. The van der Waals surface area contributed by atoms with E-state index in [1.807, 2.05) is 35.1 Å². The molecule has 98 valence electrons. The number of hydrogen-bond acceptors (Lipinski definition) is 3. The standard InChI is InChI=1S/C12H14ClN3O.ClH/c13-11-3-1-10(2-4-11)8-16-9-12(7-15-16)17-6-5-14;/h1-4,7,9H,5-6,8,14H2;1H. The fourth-order valence-corrected chi connectivity index (χ4v) is 1.59. The number of rotatable bonds is 5. The van der Waals surface area contributed by atoms with Gasteiger partial charge in [0, 0.05) is 11.6 Å². The van der Waals surface area contributed by atoms with Crippen LogP contribution in [0.5, 0.6) is 5.75 Å². The van der Waals surface area contributed by atoms with E-state index in [-0.39, 0.29) is 12.4 Å². The first-order chi connectivity index (χ1) is 8.28. The van der Waals surface area contributed by atoms with Gasteiger partial charge in [-0.3, -0.25) is 4.68 Å². The summed E-state index contributed by atoms with van der Waals surface area (Å²) in [6, 6.07) is 7.69. The molecule has 1 aromatic heterocycles. The van der Waals surface area contributed by atoms with Gasteiger partial charge < -0.3 is 10.5 Å². The highest BCUT2D eigenvalue weighted by Gasteiger charge is 2.00. The number of halogens is 2. The minimum absolute atomic E-state index is 0. The van der Waals surface area contributed by atoms with Crippen LogP contribution in [0.15, 0.2) is 36.7 Å². The summed E-state index contributed by atoms with van der Waals surface area (Å²) in [5, 5.41) is 4.94. The molecule has 0 amide bonds. The predicted molar refractivity (Wildman–Crippen MR) is 74.6 cm³/mol. The van der Waals surface area contributed by atoms with Crippen molar-refractivity contribution in [1.82, 2.24) is 9.78 Å². The summed E-state index contributed by atoms with van der Waals surface area (Å²) in [5.74, 6) is 0.740. The van der Waals surface area contributed by atoms with Gasteiger partial charge in [-0.15, -0.1) is 12.4 Å². The van der Waals surface area contributed by atoms with Crippen LogP contribution in [0.2, 0.25) is 5.02 Å². The van der Waals surface area contributed by atoms with Crippen LogP contribution in [0, 0.1) is 0 Å². The summed E-state index contributed by atoms with van der Waals surface area (Å²) in [6.07, 6.45) is 3.54. The molecule has 1 heterocycles. The van der Waals surface area contributed by atoms with Gasteiger partial charge in [-0.2, -0.15) is 5.10 Å². The van der Waals surface area contributed by atoms with Crippen LogP contribution in [0.25, 0.3) is 0 Å². The van der Waals surface area contributed by atoms with Crippen molar-refractivity contribution in [3.8, 4) is 5.75 Å². The van der Waals surface area contributed by atoms with Gasteiger partial charge in [0.15, 0.2) is 5.75 Å². The third kappa shape index (κ3) is 4.22. The Kier molecular flexibility index (Phi) is 5.98. The van der Waals surface area contributed by atoms with Crippen molar-refractivity contribution in [3.63, 3.8) is 0 Å². The maximum atomic E-state index is 5.82. The van der Waals surface area contributed by atoms with Crippen LogP contribution < -0.4 is 10.5 Å². The lowest BCUT2D eigenvalue weighted by atomic mass is 10.2. The number of aromatic nitrogens is 2. The predicted octanol–water partition coefficient (Wildman–Crippen LogP) is 2.34. The molecule has 2 rings (SSSR count). The molecule has 2 aromatic rings. The second-order valence-electron chi connectivity index (χ2n) is 3.64. The van der Waals surface area contributed by atoms with Crippen LogP contribution in [0.3, 0.4) is 0 Å². The van der Waals surface area contributed by atoms with E-state index in [1.54, 1.807) is 6.20 Å². The maximum absolute atomic E-state index is 5.82. The molecule has 4 nitrogen and oxygen atoms in total. The third-order valence-corrected chi connectivity index (χ3v) is 2.51. The lowest BCUT2D eigenvalue weighted by Crippen LogP contribution is -2.10. The van der Waals surface area contributed by atoms with E-state index in [9.17, 15) is 0 Å². The zero-order chi connectivity index (χ0) is 12.1. The summed E-state index contributed by atoms with van der Waals surface area (Å²) >= 11 is 5.82. The van der Waals surface area contributed by atoms with Gasteiger partial charge in [-0.05, 0) is 17.7 Å². The molecule has 0 radical (unpaired) electrons. The Labute approximate surface area is 117 Å². The Morgan fingerprint density at radius 3 is 2.67 bits per heavy atom. The summed E-state index contributed by atoms with van der Waals surface area (Å²) in [4.78, 5) is 0. The molecule has 0 spiro atoms. The van der Waals surface area contributed by atoms with E-state index in [4.69, 9.17) is 22.1 Å². The summed E-state index contributed by atoms with van der Waals surface area (Å²) in [7, 11) is 0. The monoisotopic (exact) mass is 287 g/mol. The van der Waals surface area contributed by atoms with E-state index in [2.05, 4.69) is 5.10 Å². The van der Waals surface area contributed by atoms with Crippen molar-refractivity contribution in [3.05, 3.63) is 47.2 Å². The van der Waals surface area contributed by atoms with E-state index in [1.165, 1.54) is 0 Å². The molecule has 0 saturated heterocycles. The first-order valence-corrected chi connectivity index (χ1v) is 5.75. The maximum Gasteiger partial charge on any atom is 0.157 e. The Morgan fingerprint density at radius 2 is 2.00 bits per heavy atom. The Bertz CT molecular complexity index is 470. The second-order valence-corrected chi connectivity index (χ2v) is 4.07. The van der Waals surface area contributed by atoms with Gasteiger partial charge in [0.2, 0.25) is 0 Å². The second kappa shape index (κ2) is 7.26. The van der Waals surface area contributed by atoms with Crippen LogP contribution in [0.1, 0.15) is 5.56 Å². The highest BCUT2D eigenvalue weighted by molar-refractivity contribution is 6.30. The molecule has 0 bridgehead atoms. The van der Waals surface area contributed by atoms with Crippen molar-refractivity contribution < 1.29 is 4.74 Å². The summed E-state index contributed by atoms with van der Waals surface area (Å²) in [5.41, 5.74) is 6.50. The number of hydrogen-bond donors (Lipinski definition) is 1. The lowest BCUT2D eigenvalue weighted by molar-refractivity contribution is 0.328. The Hall–Kier alpha value is -1.23. The average molecular weight is 288 g/mol. The van der Waals surface area contributed by atoms with Crippen LogP contribution in [-0.4, -0.2) is 22.9 Å². The fourth-order valence-electron chi connectivity index (χ4n) is 1.46. The molecule has 0 aliphatic rings. The Balaban J connectivity index is 0.00000162. The highest BCUT2D eigenvalue weighted by Crippen LogP contribution is 2.12. The molecule has 18 heavy (non-hydrogen) atoms. The first kappa shape index (κ1) is 14.8. The molecule has 1 aromatic carbocycles. The van der Waals surface area contributed by atoms with Crippen molar-refractivity contribution in [2.45, 2.75) is 6.54 Å².